The first-order chi connectivity index (χ1) is 9.90. The van der Waals surface area contributed by atoms with Crippen LogP contribution < -0.4 is 11.2 Å². The zero-order valence-electron chi connectivity index (χ0n) is 12.1. The molecule has 0 amide bonds. The van der Waals surface area contributed by atoms with Crippen molar-refractivity contribution < 1.29 is 5.11 Å². The van der Waals surface area contributed by atoms with Gasteiger partial charge in [0.1, 0.15) is 11.7 Å². The molecular formula is C14H16N4O3. The van der Waals surface area contributed by atoms with Gasteiger partial charge in [0.05, 0.1) is 18.2 Å². The summed E-state index contributed by atoms with van der Waals surface area (Å²) in [5, 5.41) is 9.64. The first kappa shape index (κ1) is 13.6. The molecule has 1 atom stereocenters. The Hall–Kier alpha value is -2.41. The predicted octanol–water partition coefficient (Wildman–Crippen LogP) is -0.236. The quantitative estimate of drug-likeness (QED) is 0.774. The summed E-state index contributed by atoms with van der Waals surface area (Å²) in [6.45, 7) is 2.03. The fraction of sp³-hybridized carbons (Fsp3) is 0.357. The number of aliphatic hydroxyl groups excluding tert-OH is 1. The van der Waals surface area contributed by atoms with Crippen LogP contribution in [0.5, 0.6) is 0 Å². The van der Waals surface area contributed by atoms with Crippen molar-refractivity contribution in [3.05, 3.63) is 50.3 Å². The molecule has 1 unspecified atom stereocenters. The molecule has 7 nitrogen and oxygen atoms in total. The normalized spacial score (nSPS) is 17.8. The lowest BCUT2D eigenvalue weighted by molar-refractivity contribution is 0.234. The SMILES string of the molecule is CC(O)C1=CC2=Nc3c(c(=O)n(C)c(=O)n3C)CN2C=C1. The standard InChI is InChI=1S/C14H16N4O3/c1-8(19)9-4-5-18-7-10-12(15-11(18)6-9)16(2)14(21)17(3)13(10)20/h4-6,8,19H,7H2,1-3H3. The van der Waals surface area contributed by atoms with Gasteiger partial charge in [-0.3, -0.25) is 13.9 Å². The average molecular weight is 288 g/mol. The van der Waals surface area contributed by atoms with Gasteiger partial charge >= 0.3 is 5.69 Å². The maximum absolute atomic E-state index is 12.2. The minimum absolute atomic E-state index is 0.324. The van der Waals surface area contributed by atoms with Crippen LogP contribution >= 0.6 is 0 Å². The van der Waals surface area contributed by atoms with Crippen molar-refractivity contribution in [3.8, 4) is 0 Å². The van der Waals surface area contributed by atoms with Gasteiger partial charge in [-0.25, -0.2) is 9.79 Å². The van der Waals surface area contributed by atoms with E-state index in [-0.39, 0.29) is 5.56 Å². The van der Waals surface area contributed by atoms with E-state index in [4.69, 9.17) is 0 Å². The summed E-state index contributed by atoms with van der Waals surface area (Å²) >= 11 is 0. The summed E-state index contributed by atoms with van der Waals surface area (Å²) < 4.78 is 2.46. The zero-order chi connectivity index (χ0) is 15.3. The Bertz CT molecular complexity index is 824. The molecule has 3 rings (SSSR count). The second-order valence-electron chi connectivity index (χ2n) is 5.24. The van der Waals surface area contributed by atoms with Gasteiger partial charge in [0.15, 0.2) is 0 Å². The lowest BCUT2D eigenvalue weighted by Crippen LogP contribution is -2.42. The summed E-state index contributed by atoms with van der Waals surface area (Å²) in [5.74, 6) is 0.995. The van der Waals surface area contributed by atoms with Gasteiger partial charge < -0.3 is 10.0 Å². The van der Waals surface area contributed by atoms with Crippen molar-refractivity contribution >= 4 is 11.7 Å². The molecule has 0 aliphatic carbocycles. The van der Waals surface area contributed by atoms with Crippen LogP contribution in [-0.2, 0) is 20.6 Å². The summed E-state index contributed by atoms with van der Waals surface area (Å²) in [6.07, 6.45) is 4.74. The molecule has 3 heterocycles. The third-order valence-electron chi connectivity index (χ3n) is 3.79. The number of aliphatic imine (C=N–C) groups is 1. The van der Waals surface area contributed by atoms with Gasteiger partial charge in [0.2, 0.25) is 0 Å². The molecule has 0 saturated carbocycles. The largest absolute Gasteiger partial charge is 0.389 e. The molecule has 21 heavy (non-hydrogen) atoms. The molecule has 1 aromatic heterocycles. The Morgan fingerprint density at radius 2 is 2.00 bits per heavy atom. The summed E-state index contributed by atoms with van der Waals surface area (Å²) in [7, 11) is 3.06. The van der Waals surface area contributed by atoms with E-state index < -0.39 is 11.8 Å². The number of aromatic nitrogens is 2. The minimum Gasteiger partial charge on any atom is -0.389 e. The summed E-state index contributed by atoms with van der Waals surface area (Å²) in [5.41, 5.74) is 0.501. The van der Waals surface area contributed by atoms with E-state index in [9.17, 15) is 14.7 Å². The first-order valence-corrected chi connectivity index (χ1v) is 6.62. The van der Waals surface area contributed by atoms with Gasteiger partial charge in [-0.2, -0.15) is 0 Å². The average Bonchev–Trinajstić information content (AvgIpc) is 2.48. The highest BCUT2D eigenvalue weighted by molar-refractivity contribution is 5.98. The van der Waals surface area contributed by atoms with E-state index in [2.05, 4.69) is 4.99 Å². The zero-order valence-corrected chi connectivity index (χ0v) is 12.1. The number of amidine groups is 1. The first-order valence-electron chi connectivity index (χ1n) is 6.62. The van der Waals surface area contributed by atoms with Crippen LogP contribution in [-0.4, -0.2) is 31.1 Å². The Labute approximate surface area is 120 Å². The van der Waals surface area contributed by atoms with Crippen LogP contribution in [0.3, 0.4) is 0 Å². The van der Waals surface area contributed by atoms with E-state index in [1.165, 1.54) is 11.6 Å². The van der Waals surface area contributed by atoms with Crippen molar-refractivity contribution in [2.75, 3.05) is 0 Å². The van der Waals surface area contributed by atoms with E-state index in [0.29, 0.717) is 23.8 Å². The fourth-order valence-corrected chi connectivity index (χ4v) is 2.49. The van der Waals surface area contributed by atoms with Crippen molar-refractivity contribution in [1.82, 2.24) is 14.0 Å². The summed E-state index contributed by atoms with van der Waals surface area (Å²) in [6, 6.07) is 0. The van der Waals surface area contributed by atoms with Crippen molar-refractivity contribution in [1.29, 1.82) is 0 Å². The molecule has 0 radical (unpaired) electrons. The molecular weight excluding hydrogens is 272 g/mol. The van der Waals surface area contributed by atoms with E-state index >= 15 is 0 Å². The smallest absolute Gasteiger partial charge is 0.332 e. The number of hydrogen-bond acceptors (Lipinski definition) is 5. The highest BCUT2D eigenvalue weighted by atomic mass is 16.3. The monoisotopic (exact) mass is 288 g/mol. The van der Waals surface area contributed by atoms with Gasteiger partial charge in [-0.1, -0.05) is 0 Å². The topological polar surface area (TPSA) is 79.8 Å². The number of rotatable bonds is 1. The molecule has 1 N–H and O–H groups in total. The number of hydrogen-bond donors (Lipinski definition) is 1. The molecule has 0 aromatic carbocycles. The van der Waals surface area contributed by atoms with Crippen molar-refractivity contribution in [3.63, 3.8) is 0 Å². The highest BCUT2D eigenvalue weighted by Gasteiger charge is 2.25. The van der Waals surface area contributed by atoms with Gasteiger partial charge in [-0.05, 0) is 24.6 Å². The number of nitrogens with zero attached hydrogens (tertiary/aromatic N) is 4. The summed E-state index contributed by atoms with van der Waals surface area (Å²) in [4.78, 5) is 30.4. The van der Waals surface area contributed by atoms with Crippen molar-refractivity contribution in [2.45, 2.75) is 19.6 Å². The Morgan fingerprint density at radius 1 is 1.29 bits per heavy atom. The molecule has 7 heteroatoms. The van der Waals surface area contributed by atoms with Crippen LogP contribution in [0.15, 0.2) is 38.5 Å². The third-order valence-corrected chi connectivity index (χ3v) is 3.79. The van der Waals surface area contributed by atoms with Crippen LogP contribution in [0.1, 0.15) is 12.5 Å². The van der Waals surface area contributed by atoms with Crippen LogP contribution in [0.4, 0.5) is 5.82 Å². The molecule has 0 fully saturated rings. The Balaban J connectivity index is 2.23. The van der Waals surface area contributed by atoms with Gasteiger partial charge in [-0.15, -0.1) is 0 Å². The number of aliphatic hydroxyl groups is 1. The lowest BCUT2D eigenvalue weighted by Gasteiger charge is -2.29. The highest BCUT2D eigenvalue weighted by Crippen LogP contribution is 2.25. The molecule has 0 spiro atoms. The van der Waals surface area contributed by atoms with E-state index in [0.717, 1.165) is 10.1 Å². The van der Waals surface area contributed by atoms with Crippen LogP contribution in [0.2, 0.25) is 0 Å². The molecule has 1 aromatic rings. The van der Waals surface area contributed by atoms with E-state index in [1.54, 1.807) is 32.3 Å². The lowest BCUT2D eigenvalue weighted by atomic mass is 10.1. The maximum atomic E-state index is 12.2. The second-order valence-corrected chi connectivity index (χ2v) is 5.24. The second kappa shape index (κ2) is 4.56. The molecule has 0 bridgehead atoms. The maximum Gasteiger partial charge on any atom is 0.332 e. The van der Waals surface area contributed by atoms with Crippen LogP contribution in [0.25, 0.3) is 0 Å². The number of fused-ring (bicyclic) bond motifs is 2. The Morgan fingerprint density at radius 3 is 2.67 bits per heavy atom. The molecule has 2 aliphatic rings. The molecule has 0 saturated heterocycles. The van der Waals surface area contributed by atoms with Gasteiger partial charge in [0, 0.05) is 20.3 Å². The molecule has 2 aliphatic heterocycles. The Kier molecular flexibility index (Phi) is 2.94. The van der Waals surface area contributed by atoms with E-state index in [1.807, 2.05) is 4.90 Å². The fourth-order valence-electron chi connectivity index (χ4n) is 2.49. The van der Waals surface area contributed by atoms with Gasteiger partial charge in [0.25, 0.3) is 5.56 Å². The third kappa shape index (κ3) is 1.97. The van der Waals surface area contributed by atoms with Crippen molar-refractivity contribution in [2.24, 2.45) is 19.1 Å². The van der Waals surface area contributed by atoms with Crippen LogP contribution in [0, 0.1) is 0 Å². The molecule has 110 valence electrons. The minimum atomic E-state index is -0.597. The predicted molar refractivity (Wildman–Crippen MR) is 78.5 cm³/mol.